The molecule has 3 heterocycles. The molecule has 164 valence electrons. The number of halogens is 3. The van der Waals surface area contributed by atoms with Crippen LogP contribution >= 0.6 is 0 Å². The quantitative estimate of drug-likeness (QED) is 0.704. The summed E-state index contributed by atoms with van der Waals surface area (Å²) in [4.78, 5) is 26.6. The number of hydrogen-bond acceptors (Lipinski definition) is 6. The van der Waals surface area contributed by atoms with Crippen LogP contribution in [0.25, 0.3) is 0 Å². The fourth-order valence-electron chi connectivity index (χ4n) is 4.31. The molecule has 30 heavy (non-hydrogen) atoms. The highest BCUT2D eigenvalue weighted by Crippen LogP contribution is 2.31. The number of amides is 2. The third kappa shape index (κ3) is 4.39. The summed E-state index contributed by atoms with van der Waals surface area (Å²) < 4.78 is 48.6. The summed E-state index contributed by atoms with van der Waals surface area (Å²) in [5, 5.41) is 4.93. The summed E-state index contributed by atoms with van der Waals surface area (Å²) in [6.45, 7) is 2.04. The topological polar surface area (TPSA) is 73.9 Å². The number of benzene rings is 1. The van der Waals surface area contributed by atoms with Crippen LogP contribution in [-0.2, 0) is 9.59 Å². The van der Waals surface area contributed by atoms with Crippen molar-refractivity contribution in [3.05, 3.63) is 24.0 Å². The number of imide groups is 1. The molecule has 0 saturated carbocycles. The first-order valence-corrected chi connectivity index (χ1v) is 10.2. The lowest BCUT2D eigenvalue weighted by Gasteiger charge is -2.44. The summed E-state index contributed by atoms with van der Waals surface area (Å²) in [5.74, 6) is -3.93. The number of piperidine rings is 2. The lowest BCUT2D eigenvalue weighted by atomic mass is 9.99. The first-order chi connectivity index (χ1) is 14.3. The molecule has 4 rings (SSSR count). The van der Waals surface area contributed by atoms with Crippen LogP contribution in [0.15, 0.2) is 18.2 Å². The molecule has 2 amide bonds. The van der Waals surface area contributed by atoms with Crippen LogP contribution in [0.4, 0.5) is 18.9 Å². The molecule has 7 nitrogen and oxygen atoms in total. The van der Waals surface area contributed by atoms with Gasteiger partial charge < -0.3 is 15.0 Å². The fourth-order valence-corrected chi connectivity index (χ4v) is 4.31. The van der Waals surface area contributed by atoms with Crippen molar-refractivity contribution in [3.8, 4) is 5.75 Å². The van der Waals surface area contributed by atoms with Crippen LogP contribution in [0.5, 0.6) is 5.75 Å². The smallest absolute Gasteiger partial charge is 0.275 e. The number of hydrogen-bond donors (Lipinski definition) is 2. The van der Waals surface area contributed by atoms with Crippen molar-refractivity contribution in [2.75, 3.05) is 44.2 Å². The monoisotopic (exact) mass is 426 g/mol. The third-order valence-electron chi connectivity index (χ3n) is 5.92. The second-order valence-electron chi connectivity index (χ2n) is 7.94. The number of nitrogens with one attached hydrogen (secondary N) is 2. The molecule has 1 aromatic rings. The van der Waals surface area contributed by atoms with Gasteiger partial charge in [0, 0.05) is 45.1 Å². The zero-order chi connectivity index (χ0) is 21.3. The minimum atomic E-state index is -2.76. The van der Waals surface area contributed by atoms with Crippen molar-refractivity contribution in [2.45, 2.75) is 37.3 Å². The first-order valence-electron chi connectivity index (χ1n) is 10.2. The maximum Gasteiger partial charge on any atom is 0.275 e. The number of piperazine rings is 1. The highest BCUT2D eigenvalue weighted by atomic mass is 19.3. The van der Waals surface area contributed by atoms with Gasteiger partial charge in [-0.05, 0) is 25.1 Å². The summed E-state index contributed by atoms with van der Waals surface area (Å²) in [5.41, 5.74) is 0.377. The number of carbonyl (C=O) groups excluding carboxylic acids is 2. The molecule has 2 atom stereocenters. The van der Waals surface area contributed by atoms with E-state index in [0.29, 0.717) is 44.8 Å². The van der Waals surface area contributed by atoms with E-state index in [-0.39, 0.29) is 31.0 Å². The largest absolute Gasteiger partial charge is 0.480 e. The molecular weight excluding hydrogens is 401 g/mol. The number of ether oxygens (including phenoxy) is 1. The minimum absolute atomic E-state index is 0.178. The Labute approximate surface area is 172 Å². The molecular formula is C20H25F3N4O3. The second kappa shape index (κ2) is 8.43. The van der Waals surface area contributed by atoms with Gasteiger partial charge in [-0.3, -0.25) is 19.8 Å². The average molecular weight is 426 g/mol. The molecule has 3 saturated heterocycles. The molecule has 0 aliphatic carbocycles. The molecule has 10 heteroatoms. The SMILES string of the molecule is O=C1CCC(Oc2ccc(N3CCN(C4CCNCC4(F)F)CC3)c(F)c2)C(=O)N1. The standard InChI is InChI=1S/C20H25F3N4O3/c21-14-11-13(30-16-3-4-18(28)25-19(16)29)1-2-15(14)26-7-9-27(10-8-26)17-5-6-24-12-20(17,22)23/h1-2,11,16-17,24H,3-10,12H2,(H,25,28,29). The Morgan fingerprint density at radius 3 is 2.53 bits per heavy atom. The second-order valence-corrected chi connectivity index (χ2v) is 7.94. The minimum Gasteiger partial charge on any atom is -0.480 e. The van der Waals surface area contributed by atoms with Crippen LogP contribution in [0.1, 0.15) is 19.3 Å². The molecule has 0 spiro atoms. The van der Waals surface area contributed by atoms with E-state index in [4.69, 9.17) is 4.74 Å². The van der Waals surface area contributed by atoms with Crippen molar-refractivity contribution < 1.29 is 27.5 Å². The number of nitrogens with zero attached hydrogens (tertiary/aromatic N) is 2. The van der Waals surface area contributed by atoms with Gasteiger partial charge in [-0.1, -0.05) is 0 Å². The Balaban J connectivity index is 1.36. The molecule has 0 bridgehead atoms. The molecule has 2 N–H and O–H groups in total. The maximum absolute atomic E-state index is 14.7. The fraction of sp³-hybridized carbons (Fsp3) is 0.600. The zero-order valence-electron chi connectivity index (χ0n) is 16.5. The van der Waals surface area contributed by atoms with Gasteiger partial charge in [0.2, 0.25) is 5.91 Å². The van der Waals surface area contributed by atoms with Gasteiger partial charge in [-0.2, -0.15) is 0 Å². The van der Waals surface area contributed by atoms with Gasteiger partial charge >= 0.3 is 0 Å². The summed E-state index contributed by atoms with van der Waals surface area (Å²) in [6.07, 6.45) is -0.00859. The van der Waals surface area contributed by atoms with Gasteiger partial charge in [0.15, 0.2) is 6.10 Å². The van der Waals surface area contributed by atoms with E-state index in [9.17, 15) is 22.8 Å². The van der Waals surface area contributed by atoms with E-state index >= 15 is 0 Å². The van der Waals surface area contributed by atoms with Crippen LogP contribution < -0.4 is 20.3 Å². The molecule has 3 aliphatic heterocycles. The van der Waals surface area contributed by atoms with Gasteiger partial charge in [-0.25, -0.2) is 13.2 Å². The van der Waals surface area contributed by atoms with Crippen molar-refractivity contribution in [3.63, 3.8) is 0 Å². The Hall–Kier alpha value is -2.33. The Morgan fingerprint density at radius 1 is 1.10 bits per heavy atom. The maximum atomic E-state index is 14.7. The zero-order valence-corrected chi connectivity index (χ0v) is 16.5. The van der Waals surface area contributed by atoms with Crippen LogP contribution in [0.3, 0.4) is 0 Å². The summed E-state index contributed by atoms with van der Waals surface area (Å²) in [7, 11) is 0. The molecule has 2 unspecified atom stereocenters. The van der Waals surface area contributed by atoms with Gasteiger partial charge in [0.25, 0.3) is 11.8 Å². The van der Waals surface area contributed by atoms with Crippen molar-refractivity contribution in [2.24, 2.45) is 0 Å². The van der Waals surface area contributed by atoms with Crippen molar-refractivity contribution in [1.29, 1.82) is 0 Å². The predicted octanol–water partition coefficient (Wildman–Crippen LogP) is 1.13. The average Bonchev–Trinajstić information content (AvgIpc) is 2.70. The van der Waals surface area contributed by atoms with Gasteiger partial charge in [0.1, 0.15) is 11.6 Å². The number of rotatable bonds is 4. The van der Waals surface area contributed by atoms with E-state index in [1.165, 1.54) is 6.07 Å². The highest BCUT2D eigenvalue weighted by Gasteiger charge is 2.45. The molecule has 3 aliphatic rings. The van der Waals surface area contributed by atoms with Crippen molar-refractivity contribution in [1.82, 2.24) is 15.5 Å². The van der Waals surface area contributed by atoms with E-state index in [2.05, 4.69) is 10.6 Å². The molecule has 1 aromatic carbocycles. The van der Waals surface area contributed by atoms with E-state index in [0.717, 1.165) is 0 Å². The summed E-state index contributed by atoms with van der Waals surface area (Å²) in [6, 6.07) is 3.59. The lowest BCUT2D eigenvalue weighted by molar-refractivity contribution is -0.138. The first kappa shape index (κ1) is 20.9. The Bertz CT molecular complexity index is 814. The molecule has 0 aromatic heterocycles. The summed E-state index contributed by atoms with van der Waals surface area (Å²) >= 11 is 0. The predicted molar refractivity (Wildman–Crippen MR) is 103 cm³/mol. The Morgan fingerprint density at radius 2 is 1.87 bits per heavy atom. The Kier molecular flexibility index (Phi) is 5.88. The molecule has 0 radical (unpaired) electrons. The number of alkyl halides is 2. The van der Waals surface area contributed by atoms with Crippen LogP contribution in [0, 0.1) is 5.82 Å². The number of anilines is 1. The third-order valence-corrected chi connectivity index (χ3v) is 5.92. The van der Waals surface area contributed by atoms with Gasteiger partial charge in [0.05, 0.1) is 18.3 Å². The van der Waals surface area contributed by atoms with E-state index < -0.39 is 29.8 Å². The van der Waals surface area contributed by atoms with Crippen LogP contribution in [0.2, 0.25) is 0 Å². The van der Waals surface area contributed by atoms with Crippen LogP contribution in [-0.4, -0.2) is 74.1 Å². The van der Waals surface area contributed by atoms with E-state index in [1.807, 2.05) is 4.90 Å². The highest BCUT2D eigenvalue weighted by molar-refractivity contribution is 5.99. The van der Waals surface area contributed by atoms with Gasteiger partial charge in [-0.15, -0.1) is 0 Å². The normalized spacial score (nSPS) is 27.6. The number of carbonyl (C=O) groups is 2. The lowest BCUT2D eigenvalue weighted by Crippen LogP contribution is -2.61. The van der Waals surface area contributed by atoms with E-state index in [1.54, 1.807) is 17.0 Å². The molecule has 3 fully saturated rings. The van der Waals surface area contributed by atoms with Crippen molar-refractivity contribution >= 4 is 17.5 Å².